The largest absolute Gasteiger partial charge is 0.399 e. The molecule has 1 heterocycles. The molecule has 2 aromatic rings. The van der Waals surface area contributed by atoms with Gasteiger partial charge in [0.05, 0.1) is 0 Å². The summed E-state index contributed by atoms with van der Waals surface area (Å²) in [6.45, 7) is 1.86. The van der Waals surface area contributed by atoms with E-state index in [2.05, 4.69) is 4.98 Å². The Hall–Kier alpha value is -2.36. The summed E-state index contributed by atoms with van der Waals surface area (Å²) in [4.78, 5) is 18.0. The zero-order chi connectivity index (χ0) is 13.1. The van der Waals surface area contributed by atoms with Crippen molar-refractivity contribution in [3.05, 3.63) is 53.9 Å². The van der Waals surface area contributed by atoms with Crippen molar-refractivity contribution in [3.8, 4) is 0 Å². The summed E-state index contributed by atoms with van der Waals surface area (Å²) in [6.07, 6.45) is 0. The first-order chi connectivity index (χ1) is 8.58. The molecule has 0 saturated carbocycles. The van der Waals surface area contributed by atoms with E-state index in [1.807, 2.05) is 31.2 Å². The number of nitrogens with zero attached hydrogens (tertiary/aromatic N) is 2. The van der Waals surface area contributed by atoms with Gasteiger partial charge in [0.15, 0.2) is 0 Å². The van der Waals surface area contributed by atoms with Crippen molar-refractivity contribution >= 4 is 17.3 Å². The Morgan fingerprint density at radius 1 is 1.17 bits per heavy atom. The second-order valence-electron chi connectivity index (χ2n) is 4.12. The number of carbonyl (C=O) groups excluding carboxylic acids is 1. The van der Waals surface area contributed by atoms with Crippen molar-refractivity contribution < 1.29 is 4.79 Å². The molecular formula is C14H15N3O. The number of amides is 1. The van der Waals surface area contributed by atoms with Crippen molar-refractivity contribution in [1.29, 1.82) is 0 Å². The van der Waals surface area contributed by atoms with E-state index in [-0.39, 0.29) is 5.91 Å². The maximum atomic E-state index is 12.2. The van der Waals surface area contributed by atoms with Crippen LogP contribution in [-0.2, 0) is 0 Å². The van der Waals surface area contributed by atoms with Gasteiger partial charge < -0.3 is 10.6 Å². The van der Waals surface area contributed by atoms with E-state index < -0.39 is 0 Å². The minimum atomic E-state index is -0.136. The molecule has 0 bridgehead atoms. The number of aryl methyl sites for hydroxylation is 1. The number of carbonyl (C=O) groups is 1. The molecule has 1 aromatic heterocycles. The van der Waals surface area contributed by atoms with Gasteiger partial charge in [-0.1, -0.05) is 6.07 Å². The van der Waals surface area contributed by atoms with Gasteiger partial charge in [0.25, 0.3) is 5.91 Å². The highest BCUT2D eigenvalue weighted by molar-refractivity contribution is 6.04. The van der Waals surface area contributed by atoms with Gasteiger partial charge in [-0.15, -0.1) is 0 Å². The van der Waals surface area contributed by atoms with Gasteiger partial charge in [0, 0.05) is 24.1 Å². The van der Waals surface area contributed by atoms with Crippen molar-refractivity contribution in [2.24, 2.45) is 0 Å². The van der Waals surface area contributed by atoms with Gasteiger partial charge in [-0.3, -0.25) is 4.79 Å². The van der Waals surface area contributed by atoms with Crippen LogP contribution in [0.15, 0.2) is 42.5 Å². The monoisotopic (exact) mass is 241 g/mol. The molecule has 0 aliphatic heterocycles. The summed E-state index contributed by atoms with van der Waals surface area (Å²) >= 11 is 0. The number of nitrogen functional groups attached to an aromatic ring is 1. The maximum absolute atomic E-state index is 12.2. The average Bonchev–Trinajstić information content (AvgIpc) is 2.38. The lowest BCUT2D eigenvalue weighted by atomic mass is 10.2. The summed E-state index contributed by atoms with van der Waals surface area (Å²) in [5.74, 6) is -0.136. The molecule has 0 aliphatic rings. The van der Waals surface area contributed by atoms with Crippen LogP contribution in [0.2, 0.25) is 0 Å². The molecule has 0 saturated heterocycles. The van der Waals surface area contributed by atoms with Crippen molar-refractivity contribution in [2.45, 2.75) is 6.92 Å². The molecule has 0 fully saturated rings. The van der Waals surface area contributed by atoms with E-state index in [0.29, 0.717) is 11.4 Å². The molecule has 0 aliphatic carbocycles. The highest BCUT2D eigenvalue weighted by Gasteiger charge is 2.14. The summed E-state index contributed by atoms with van der Waals surface area (Å²) in [6, 6.07) is 12.5. The Morgan fingerprint density at radius 2 is 1.83 bits per heavy atom. The minimum absolute atomic E-state index is 0.136. The lowest BCUT2D eigenvalue weighted by Gasteiger charge is -2.17. The number of anilines is 2. The SMILES string of the molecule is Cc1cccc(C(=O)N(C)c2ccc(N)cc2)n1. The number of benzene rings is 1. The van der Waals surface area contributed by atoms with E-state index in [4.69, 9.17) is 5.73 Å². The van der Waals surface area contributed by atoms with E-state index in [1.165, 1.54) is 0 Å². The van der Waals surface area contributed by atoms with Gasteiger partial charge in [0.1, 0.15) is 5.69 Å². The van der Waals surface area contributed by atoms with Crippen molar-refractivity contribution in [3.63, 3.8) is 0 Å². The average molecular weight is 241 g/mol. The zero-order valence-electron chi connectivity index (χ0n) is 10.4. The number of nitrogens with two attached hydrogens (primary N) is 1. The maximum Gasteiger partial charge on any atom is 0.276 e. The second-order valence-corrected chi connectivity index (χ2v) is 4.12. The fraction of sp³-hybridized carbons (Fsp3) is 0.143. The third-order valence-corrected chi connectivity index (χ3v) is 2.69. The van der Waals surface area contributed by atoms with Crippen LogP contribution >= 0.6 is 0 Å². The summed E-state index contributed by atoms with van der Waals surface area (Å²) < 4.78 is 0. The Kier molecular flexibility index (Phi) is 3.28. The van der Waals surface area contributed by atoms with Crippen molar-refractivity contribution in [1.82, 2.24) is 4.98 Å². The van der Waals surface area contributed by atoms with Crippen LogP contribution in [0.5, 0.6) is 0 Å². The molecule has 1 amide bonds. The van der Waals surface area contributed by atoms with Crippen LogP contribution in [0.3, 0.4) is 0 Å². The number of rotatable bonds is 2. The molecule has 4 heteroatoms. The summed E-state index contributed by atoms with van der Waals surface area (Å²) in [7, 11) is 1.72. The Balaban J connectivity index is 2.26. The topological polar surface area (TPSA) is 59.2 Å². The Morgan fingerprint density at radius 3 is 2.44 bits per heavy atom. The third kappa shape index (κ3) is 2.48. The molecule has 0 spiro atoms. The number of aromatic nitrogens is 1. The fourth-order valence-electron chi connectivity index (χ4n) is 1.65. The van der Waals surface area contributed by atoms with Crippen molar-refractivity contribution in [2.75, 3.05) is 17.7 Å². The molecule has 0 radical (unpaired) electrons. The number of hydrogen-bond acceptors (Lipinski definition) is 3. The predicted molar refractivity (Wildman–Crippen MR) is 72.6 cm³/mol. The van der Waals surface area contributed by atoms with E-state index in [1.54, 1.807) is 30.1 Å². The molecular weight excluding hydrogens is 226 g/mol. The van der Waals surface area contributed by atoms with Gasteiger partial charge in [-0.05, 0) is 43.3 Å². The molecule has 0 atom stereocenters. The van der Waals surface area contributed by atoms with E-state index >= 15 is 0 Å². The van der Waals surface area contributed by atoms with Crippen LogP contribution in [0.4, 0.5) is 11.4 Å². The van der Waals surface area contributed by atoms with Crippen LogP contribution < -0.4 is 10.6 Å². The normalized spacial score (nSPS) is 10.1. The Labute approximate surface area is 106 Å². The Bertz CT molecular complexity index is 564. The second kappa shape index (κ2) is 4.87. The van der Waals surface area contributed by atoms with E-state index in [0.717, 1.165) is 11.4 Å². The minimum Gasteiger partial charge on any atom is -0.399 e. The summed E-state index contributed by atoms with van der Waals surface area (Å²) in [5.41, 5.74) is 8.35. The van der Waals surface area contributed by atoms with Gasteiger partial charge in [0.2, 0.25) is 0 Å². The van der Waals surface area contributed by atoms with Crippen LogP contribution in [-0.4, -0.2) is 17.9 Å². The third-order valence-electron chi connectivity index (χ3n) is 2.69. The number of hydrogen-bond donors (Lipinski definition) is 1. The van der Waals surface area contributed by atoms with Crippen LogP contribution in [0, 0.1) is 6.92 Å². The number of pyridine rings is 1. The fourth-order valence-corrected chi connectivity index (χ4v) is 1.65. The lowest BCUT2D eigenvalue weighted by molar-refractivity contribution is 0.0988. The predicted octanol–water partition coefficient (Wildman–Crippen LogP) is 2.25. The first kappa shape index (κ1) is 12.1. The summed E-state index contributed by atoms with van der Waals surface area (Å²) in [5, 5.41) is 0. The lowest BCUT2D eigenvalue weighted by Crippen LogP contribution is -2.27. The van der Waals surface area contributed by atoms with Crippen LogP contribution in [0.1, 0.15) is 16.2 Å². The first-order valence-corrected chi connectivity index (χ1v) is 5.65. The molecule has 1 aromatic carbocycles. The van der Waals surface area contributed by atoms with Gasteiger partial charge >= 0.3 is 0 Å². The van der Waals surface area contributed by atoms with Gasteiger partial charge in [-0.25, -0.2) is 4.98 Å². The van der Waals surface area contributed by atoms with E-state index in [9.17, 15) is 4.79 Å². The molecule has 4 nitrogen and oxygen atoms in total. The quantitative estimate of drug-likeness (QED) is 0.820. The molecule has 0 unspecified atom stereocenters. The highest BCUT2D eigenvalue weighted by atomic mass is 16.2. The van der Waals surface area contributed by atoms with Gasteiger partial charge in [-0.2, -0.15) is 0 Å². The standard InChI is InChI=1S/C14H15N3O/c1-10-4-3-5-13(16-10)14(18)17(2)12-8-6-11(15)7-9-12/h3-9H,15H2,1-2H3. The smallest absolute Gasteiger partial charge is 0.276 e. The molecule has 2 rings (SSSR count). The first-order valence-electron chi connectivity index (χ1n) is 5.65. The molecule has 18 heavy (non-hydrogen) atoms. The highest BCUT2D eigenvalue weighted by Crippen LogP contribution is 2.16. The zero-order valence-corrected chi connectivity index (χ0v) is 10.4. The molecule has 92 valence electrons. The molecule has 2 N–H and O–H groups in total. The van der Waals surface area contributed by atoms with Crippen LogP contribution in [0.25, 0.3) is 0 Å².